The van der Waals surface area contributed by atoms with E-state index in [0.717, 1.165) is 44.1 Å². The molecule has 0 N–H and O–H groups in total. The van der Waals surface area contributed by atoms with Crippen LogP contribution in [0.2, 0.25) is 0 Å². The van der Waals surface area contributed by atoms with E-state index in [0.29, 0.717) is 11.5 Å². The van der Waals surface area contributed by atoms with Gasteiger partial charge in [-0.15, -0.1) is 35.4 Å². The minimum absolute atomic E-state index is 0. The van der Waals surface area contributed by atoms with E-state index in [-0.39, 0.29) is 21.1 Å². The third-order valence-corrected chi connectivity index (χ3v) is 5.60. The number of hydrogen-bond donors (Lipinski definition) is 0. The molecular formula is C30H18N2OPt. The summed E-state index contributed by atoms with van der Waals surface area (Å²) in [6.45, 7) is 0. The summed E-state index contributed by atoms with van der Waals surface area (Å²) in [7, 11) is 0. The van der Waals surface area contributed by atoms with Gasteiger partial charge in [0, 0.05) is 18.1 Å². The summed E-state index contributed by atoms with van der Waals surface area (Å²) >= 11 is 0. The SMILES string of the molecule is [Pt+2].[c-]1c(Oc2[c-]c(-c3ccccn3)cc3ccccc23)cccc1-c1nccc2ccccc12. The zero-order chi connectivity index (χ0) is 22.0. The summed E-state index contributed by atoms with van der Waals surface area (Å²) < 4.78 is 6.36. The Labute approximate surface area is 212 Å². The Kier molecular flexibility index (Phi) is 6.20. The van der Waals surface area contributed by atoms with Crippen LogP contribution in [-0.2, 0) is 21.1 Å². The van der Waals surface area contributed by atoms with E-state index in [1.165, 1.54) is 0 Å². The van der Waals surface area contributed by atoms with Crippen molar-refractivity contribution in [3.63, 3.8) is 0 Å². The van der Waals surface area contributed by atoms with Crippen LogP contribution in [0.4, 0.5) is 0 Å². The van der Waals surface area contributed by atoms with Gasteiger partial charge in [0.1, 0.15) is 0 Å². The molecule has 0 atom stereocenters. The maximum atomic E-state index is 6.36. The number of pyridine rings is 2. The predicted molar refractivity (Wildman–Crippen MR) is 132 cm³/mol. The Morgan fingerprint density at radius 1 is 0.588 bits per heavy atom. The predicted octanol–water partition coefficient (Wildman–Crippen LogP) is 7.51. The van der Waals surface area contributed by atoms with Crippen LogP contribution in [0.1, 0.15) is 0 Å². The Morgan fingerprint density at radius 3 is 2.24 bits per heavy atom. The standard InChI is InChI=1S/C30H18N2O.Pt/c1-4-13-27-21(8-1)15-17-32-30(27)23-10-7-11-25(19-23)33-29-20-24(28-14-5-6-16-31-28)18-22-9-2-3-12-26(22)29;/h1-18H;/q-2;+2. The third kappa shape index (κ3) is 4.23. The van der Waals surface area contributed by atoms with Gasteiger partial charge >= 0.3 is 21.1 Å². The van der Waals surface area contributed by atoms with Crippen LogP contribution in [-0.4, -0.2) is 9.97 Å². The van der Waals surface area contributed by atoms with Gasteiger partial charge < -0.3 is 14.7 Å². The third-order valence-electron chi connectivity index (χ3n) is 5.60. The number of ether oxygens (including phenoxy) is 1. The fraction of sp³-hybridized carbons (Fsp3) is 0. The average Bonchev–Trinajstić information content (AvgIpc) is 2.89. The van der Waals surface area contributed by atoms with Crippen LogP contribution in [0.3, 0.4) is 0 Å². The van der Waals surface area contributed by atoms with Crippen LogP contribution in [0.15, 0.2) is 109 Å². The number of rotatable bonds is 4. The van der Waals surface area contributed by atoms with Crippen molar-refractivity contribution in [3.05, 3.63) is 122 Å². The van der Waals surface area contributed by atoms with Crippen molar-refractivity contribution in [2.24, 2.45) is 0 Å². The molecule has 0 bridgehead atoms. The summed E-state index contributed by atoms with van der Waals surface area (Å²) in [6, 6.07) is 39.0. The number of aromatic nitrogens is 2. The van der Waals surface area contributed by atoms with Crippen molar-refractivity contribution in [3.8, 4) is 34.0 Å². The first-order valence-electron chi connectivity index (χ1n) is 10.8. The second-order valence-electron chi connectivity index (χ2n) is 7.73. The Balaban J connectivity index is 0.00000241. The van der Waals surface area contributed by atoms with E-state index in [1.807, 2.05) is 79.0 Å². The van der Waals surface area contributed by atoms with Crippen molar-refractivity contribution in [2.75, 3.05) is 0 Å². The van der Waals surface area contributed by atoms with E-state index >= 15 is 0 Å². The van der Waals surface area contributed by atoms with E-state index in [2.05, 4.69) is 46.4 Å². The molecule has 6 aromatic rings. The van der Waals surface area contributed by atoms with E-state index in [4.69, 9.17) is 4.74 Å². The van der Waals surface area contributed by atoms with Gasteiger partial charge in [-0.3, -0.25) is 0 Å². The summed E-state index contributed by atoms with van der Waals surface area (Å²) in [5.74, 6) is 1.26. The molecule has 4 aromatic carbocycles. The van der Waals surface area contributed by atoms with Gasteiger partial charge in [-0.05, 0) is 34.3 Å². The molecule has 0 saturated heterocycles. The molecule has 2 heterocycles. The van der Waals surface area contributed by atoms with Crippen molar-refractivity contribution in [1.29, 1.82) is 0 Å². The molecule has 4 heteroatoms. The minimum Gasteiger partial charge on any atom is -0.496 e. The molecule has 3 nitrogen and oxygen atoms in total. The smallest absolute Gasteiger partial charge is 0.496 e. The molecule has 0 fully saturated rings. The second kappa shape index (κ2) is 9.59. The Morgan fingerprint density at radius 2 is 1.38 bits per heavy atom. The fourth-order valence-electron chi connectivity index (χ4n) is 4.04. The molecule has 0 unspecified atom stereocenters. The molecule has 0 aliphatic rings. The van der Waals surface area contributed by atoms with Crippen LogP contribution in [0.5, 0.6) is 11.5 Å². The molecule has 0 spiro atoms. The van der Waals surface area contributed by atoms with Crippen molar-refractivity contribution >= 4 is 21.5 Å². The average molecular weight is 618 g/mol. The maximum absolute atomic E-state index is 6.36. The topological polar surface area (TPSA) is 35.0 Å². The van der Waals surface area contributed by atoms with Gasteiger partial charge in [-0.1, -0.05) is 83.6 Å². The van der Waals surface area contributed by atoms with Crippen LogP contribution in [0.25, 0.3) is 44.1 Å². The Hall–Kier alpha value is -3.81. The van der Waals surface area contributed by atoms with Crippen molar-refractivity contribution in [2.45, 2.75) is 0 Å². The Bertz CT molecular complexity index is 1590. The second-order valence-corrected chi connectivity index (χ2v) is 7.73. The van der Waals surface area contributed by atoms with Gasteiger partial charge in [-0.2, -0.15) is 0 Å². The first-order valence-corrected chi connectivity index (χ1v) is 10.8. The largest absolute Gasteiger partial charge is 2.00 e. The van der Waals surface area contributed by atoms with Crippen LogP contribution >= 0.6 is 0 Å². The maximum Gasteiger partial charge on any atom is 2.00 e. The van der Waals surface area contributed by atoms with E-state index in [9.17, 15) is 0 Å². The zero-order valence-corrected chi connectivity index (χ0v) is 20.3. The zero-order valence-electron chi connectivity index (χ0n) is 18.0. The van der Waals surface area contributed by atoms with Crippen molar-refractivity contribution in [1.82, 2.24) is 9.97 Å². The van der Waals surface area contributed by atoms with E-state index < -0.39 is 0 Å². The van der Waals surface area contributed by atoms with Gasteiger partial charge in [0.2, 0.25) is 0 Å². The molecule has 0 radical (unpaired) electrons. The quantitative estimate of drug-likeness (QED) is 0.192. The molecule has 0 aliphatic carbocycles. The number of hydrogen-bond acceptors (Lipinski definition) is 3. The minimum atomic E-state index is 0. The summed E-state index contributed by atoms with van der Waals surface area (Å²) in [5, 5.41) is 4.28. The van der Waals surface area contributed by atoms with Crippen LogP contribution < -0.4 is 4.74 Å². The van der Waals surface area contributed by atoms with Crippen LogP contribution in [0, 0.1) is 12.1 Å². The summed E-state index contributed by atoms with van der Waals surface area (Å²) in [4.78, 5) is 9.11. The molecule has 6 rings (SSSR count). The molecular weight excluding hydrogens is 599 g/mol. The molecule has 34 heavy (non-hydrogen) atoms. The van der Waals surface area contributed by atoms with Gasteiger partial charge in [0.25, 0.3) is 0 Å². The normalized spacial score (nSPS) is 10.7. The number of nitrogens with zero attached hydrogens (tertiary/aromatic N) is 2. The number of benzene rings is 4. The molecule has 0 amide bonds. The van der Waals surface area contributed by atoms with Crippen molar-refractivity contribution < 1.29 is 25.8 Å². The number of fused-ring (bicyclic) bond motifs is 2. The van der Waals surface area contributed by atoms with Gasteiger partial charge in [0.05, 0.1) is 5.75 Å². The molecule has 2 aromatic heterocycles. The first-order chi connectivity index (χ1) is 16.3. The fourth-order valence-corrected chi connectivity index (χ4v) is 4.04. The van der Waals surface area contributed by atoms with Gasteiger partial charge in [-0.25, -0.2) is 0 Å². The molecule has 0 saturated carbocycles. The first kappa shape index (κ1) is 22.0. The molecule has 164 valence electrons. The summed E-state index contributed by atoms with van der Waals surface area (Å²) in [5.41, 5.74) is 3.51. The van der Waals surface area contributed by atoms with Gasteiger partial charge in [0.15, 0.2) is 0 Å². The van der Waals surface area contributed by atoms with E-state index in [1.54, 1.807) is 6.20 Å². The summed E-state index contributed by atoms with van der Waals surface area (Å²) in [6.07, 6.45) is 3.62. The molecule has 0 aliphatic heterocycles. The monoisotopic (exact) mass is 617 g/mol.